The molecule has 0 unspecified atom stereocenters. The van der Waals surface area contributed by atoms with E-state index in [1.165, 1.54) is 83.3 Å². The topological polar surface area (TPSA) is 9.72 Å². The van der Waals surface area contributed by atoms with Crippen LogP contribution in [0.15, 0.2) is 218 Å². The van der Waals surface area contributed by atoms with Crippen LogP contribution in [0.25, 0.3) is 0 Å². The molecule has 4 heterocycles. The van der Waals surface area contributed by atoms with Crippen LogP contribution in [-0.4, -0.2) is 20.1 Å². The molecule has 0 atom stereocenters. The fourth-order valence-electron chi connectivity index (χ4n) is 11.1. The van der Waals surface area contributed by atoms with Gasteiger partial charge in [-0.05, 0) is 94.0 Å². The lowest BCUT2D eigenvalue weighted by atomic mass is 9.20. The quantitative estimate of drug-likeness (QED) is 0.181. The van der Waals surface area contributed by atoms with Crippen molar-refractivity contribution in [2.45, 2.75) is 0 Å². The van der Waals surface area contributed by atoms with Crippen molar-refractivity contribution >= 4 is 120 Å². The number of para-hydroxylation sites is 4. The van der Waals surface area contributed by atoms with E-state index in [9.17, 15) is 0 Å². The molecule has 0 spiro atoms. The third-order valence-corrected chi connectivity index (χ3v) is 13.4. The van der Waals surface area contributed by atoms with Crippen molar-refractivity contribution in [3.05, 3.63) is 218 Å². The third kappa shape index (κ3) is 4.70. The molecule has 4 aliphatic rings. The molecule has 9 aromatic carbocycles. The van der Waals surface area contributed by atoms with Gasteiger partial charge in [0, 0.05) is 51.2 Å². The van der Waals surface area contributed by atoms with Crippen LogP contribution in [0, 0.1) is 0 Å². The average Bonchev–Trinajstić information content (AvgIpc) is 3.32. The van der Waals surface area contributed by atoms with E-state index in [0.29, 0.717) is 0 Å². The zero-order chi connectivity index (χ0) is 39.3. The molecule has 0 saturated heterocycles. The number of nitrogens with zero attached hydrogens (tertiary/aromatic N) is 3. The zero-order valence-electron chi connectivity index (χ0n) is 32.9. The van der Waals surface area contributed by atoms with Crippen LogP contribution in [0.2, 0.25) is 0 Å². The van der Waals surface area contributed by atoms with Crippen LogP contribution in [0.1, 0.15) is 0 Å². The van der Waals surface area contributed by atoms with Crippen LogP contribution in [0.5, 0.6) is 0 Å². The highest BCUT2D eigenvalue weighted by atomic mass is 15.2. The summed E-state index contributed by atoms with van der Waals surface area (Å²) in [5, 5.41) is 0. The second kappa shape index (κ2) is 13.0. The van der Waals surface area contributed by atoms with Gasteiger partial charge >= 0.3 is 0 Å². The number of benzene rings is 9. The van der Waals surface area contributed by atoms with E-state index in [-0.39, 0.29) is 20.1 Å². The summed E-state index contributed by atoms with van der Waals surface area (Å²) in [6.45, 7) is 0.196. The molecule has 0 radical (unpaired) electrons. The molecule has 276 valence electrons. The van der Waals surface area contributed by atoms with Crippen molar-refractivity contribution in [2.24, 2.45) is 0 Å². The second-order valence-electron chi connectivity index (χ2n) is 16.4. The summed E-state index contributed by atoms with van der Waals surface area (Å²) in [6, 6.07) is 81.3. The monoisotopic (exact) mass is 759 g/mol. The summed E-state index contributed by atoms with van der Waals surface area (Å²) in [7, 11) is 0. The third-order valence-electron chi connectivity index (χ3n) is 13.4. The predicted octanol–water partition coefficient (Wildman–Crippen LogP) is 6.90. The average molecular weight is 759 g/mol. The SMILES string of the molecule is c1ccc(B2c3ccccc3B3c4cc5c(cc4N(c4ccccc4)c4cccc2c43)N(c2ccccc2)c2cccc3c2B5c2ccccc2N3c2ccccc2)cc1. The Balaban J connectivity index is 1.14. The molecule has 60 heavy (non-hydrogen) atoms. The highest BCUT2D eigenvalue weighted by molar-refractivity contribution is 7.12. The fraction of sp³-hybridized carbons (Fsp3) is 0. The van der Waals surface area contributed by atoms with E-state index in [2.05, 4.69) is 233 Å². The van der Waals surface area contributed by atoms with E-state index in [1.807, 2.05) is 0 Å². The molecule has 6 heteroatoms. The molecule has 4 aliphatic heterocycles. The minimum Gasteiger partial charge on any atom is -0.311 e. The molecule has 13 rings (SSSR count). The number of anilines is 9. The molecule has 0 amide bonds. The van der Waals surface area contributed by atoms with Gasteiger partial charge in [0.1, 0.15) is 0 Å². The Labute approximate surface area is 352 Å². The van der Waals surface area contributed by atoms with Gasteiger partial charge in [-0.15, -0.1) is 0 Å². The Bertz CT molecular complexity index is 2930. The second-order valence-corrected chi connectivity index (χ2v) is 16.4. The largest absolute Gasteiger partial charge is 0.311 e. The van der Waals surface area contributed by atoms with Crippen LogP contribution in [0.3, 0.4) is 0 Å². The molecule has 0 saturated carbocycles. The van der Waals surface area contributed by atoms with Crippen molar-refractivity contribution in [3.8, 4) is 0 Å². The van der Waals surface area contributed by atoms with Gasteiger partial charge in [0.15, 0.2) is 0 Å². The summed E-state index contributed by atoms with van der Waals surface area (Å²) >= 11 is 0. The minimum atomic E-state index is 0.0188. The van der Waals surface area contributed by atoms with Gasteiger partial charge in [-0.3, -0.25) is 0 Å². The van der Waals surface area contributed by atoms with Gasteiger partial charge in [0.2, 0.25) is 13.4 Å². The molecule has 0 N–H and O–H groups in total. The first kappa shape index (κ1) is 33.5. The summed E-state index contributed by atoms with van der Waals surface area (Å²) in [5.41, 5.74) is 23.0. The maximum absolute atomic E-state index is 2.61. The molecule has 0 fully saturated rings. The van der Waals surface area contributed by atoms with Crippen molar-refractivity contribution < 1.29 is 0 Å². The van der Waals surface area contributed by atoms with Crippen LogP contribution in [-0.2, 0) is 0 Å². The first-order chi connectivity index (χ1) is 29.8. The molecule has 0 aromatic heterocycles. The normalized spacial score (nSPS) is 13.8. The van der Waals surface area contributed by atoms with Gasteiger partial charge in [-0.25, -0.2) is 0 Å². The summed E-state index contributed by atoms with van der Waals surface area (Å²) < 4.78 is 0. The van der Waals surface area contributed by atoms with Crippen molar-refractivity contribution in [3.63, 3.8) is 0 Å². The maximum Gasteiger partial charge on any atom is 0.252 e. The van der Waals surface area contributed by atoms with Gasteiger partial charge in [0.25, 0.3) is 6.71 Å². The van der Waals surface area contributed by atoms with Crippen molar-refractivity contribution in [1.29, 1.82) is 0 Å². The van der Waals surface area contributed by atoms with E-state index in [4.69, 9.17) is 0 Å². The Morgan fingerprint density at radius 1 is 0.233 bits per heavy atom. The summed E-state index contributed by atoms with van der Waals surface area (Å²) in [6.07, 6.45) is 0. The fourth-order valence-corrected chi connectivity index (χ4v) is 11.1. The highest BCUT2D eigenvalue weighted by Gasteiger charge is 2.48. The number of hydrogen-bond donors (Lipinski definition) is 0. The number of hydrogen-bond acceptors (Lipinski definition) is 3. The lowest BCUT2D eigenvalue weighted by Crippen LogP contribution is -2.77. The van der Waals surface area contributed by atoms with Gasteiger partial charge < -0.3 is 14.7 Å². The van der Waals surface area contributed by atoms with Crippen LogP contribution >= 0.6 is 0 Å². The first-order valence-electron chi connectivity index (χ1n) is 21.1. The first-order valence-corrected chi connectivity index (χ1v) is 21.1. The zero-order valence-corrected chi connectivity index (χ0v) is 32.9. The Kier molecular flexibility index (Phi) is 7.29. The summed E-state index contributed by atoms with van der Waals surface area (Å²) in [4.78, 5) is 7.54. The summed E-state index contributed by atoms with van der Waals surface area (Å²) in [5.74, 6) is 0. The van der Waals surface area contributed by atoms with E-state index < -0.39 is 0 Å². The van der Waals surface area contributed by atoms with Crippen molar-refractivity contribution in [2.75, 3.05) is 14.7 Å². The van der Waals surface area contributed by atoms with Gasteiger partial charge in [-0.2, -0.15) is 0 Å². The number of fused-ring (bicyclic) bond motifs is 8. The van der Waals surface area contributed by atoms with Gasteiger partial charge in [0.05, 0.1) is 0 Å². The smallest absolute Gasteiger partial charge is 0.252 e. The number of rotatable bonds is 4. The van der Waals surface area contributed by atoms with E-state index in [0.717, 1.165) is 17.1 Å². The molecular formula is C54H36B3N3. The Morgan fingerprint density at radius 2 is 0.617 bits per heavy atom. The molecular weight excluding hydrogens is 723 g/mol. The van der Waals surface area contributed by atoms with Gasteiger partial charge in [-0.1, -0.05) is 174 Å². The molecule has 0 bridgehead atoms. The lowest BCUT2D eigenvalue weighted by Gasteiger charge is -2.46. The standard InChI is InChI=1S/C54H36B3N3/c1-5-19-37(20-6-1)55-41-27-13-14-28-42(41)56-45-35-46-52(36-51(45)59(39-23-9-3-10-24-39)48-32-17-30-44(55)53(48)56)60(40-25-11-4-12-26-40)50-34-18-33-49-54(50)57(46)43-29-15-16-31-47(43)58(49)38-21-7-2-8-22-38/h1-36H. The molecule has 9 aromatic rings. The van der Waals surface area contributed by atoms with Crippen LogP contribution < -0.4 is 63.9 Å². The molecule has 3 nitrogen and oxygen atoms in total. The minimum absolute atomic E-state index is 0.0188. The lowest BCUT2D eigenvalue weighted by molar-refractivity contribution is 1.24. The maximum atomic E-state index is 2.61. The van der Waals surface area contributed by atoms with E-state index >= 15 is 0 Å². The predicted molar refractivity (Wildman–Crippen MR) is 257 cm³/mol. The molecule has 0 aliphatic carbocycles. The Hall–Kier alpha value is -7.43. The van der Waals surface area contributed by atoms with E-state index in [1.54, 1.807) is 0 Å². The van der Waals surface area contributed by atoms with Crippen LogP contribution in [0.4, 0.5) is 51.2 Å². The highest BCUT2D eigenvalue weighted by Crippen LogP contribution is 2.46. The van der Waals surface area contributed by atoms with Crippen molar-refractivity contribution in [1.82, 2.24) is 0 Å². The Morgan fingerprint density at radius 3 is 1.18 bits per heavy atom.